The Balaban J connectivity index is 1.93. The van der Waals surface area contributed by atoms with Crippen molar-refractivity contribution in [3.63, 3.8) is 0 Å². The molecule has 0 radical (unpaired) electrons. The molecular weight excluding hydrogens is 404 g/mol. The Hall–Kier alpha value is -1.09. The molecule has 0 atom stereocenters. The van der Waals surface area contributed by atoms with Gasteiger partial charge in [0.05, 0.1) is 21.5 Å². The van der Waals surface area contributed by atoms with Gasteiger partial charge in [-0.2, -0.15) is 8.78 Å². The lowest BCUT2D eigenvalue weighted by atomic mass is 10.3. The number of hydrogen-bond acceptors (Lipinski definition) is 3. The second-order valence-electron chi connectivity index (χ2n) is 5.21. The minimum atomic E-state index is -2.65. The highest BCUT2D eigenvalue weighted by Gasteiger charge is 2.17. The number of para-hydroxylation sites is 2. The fourth-order valence-electron chi connectivity index (χ4n) is 2.55. The number of alkyl halides is 2. The summed E-state index contributed by atoms with van der Waals surface area (Å²) in [6.45, 7) is -1.46. The van der Waals surface area contributed by atoms with Crippen LogP contribution < -0.4 is 0 Å². The monoisotopic (exact) mass is 417 g/mol. The molecule has 0 saturated heterocycles. The van der Waals surface area contributed by atoms with E-state index in [1.54, 1.807) is 28.0 Å². The highest BCUT2D eigenvalue weighted by Crippen LogP contribution is 2.26. The summed E-state index contributed by atoms with van der Waals surface area (Å²) < 4.78 is 30.5. The highest BCUT2D eigenvalue weighted by atomic mass is 79.9. The Morgan fingerprint density at radius 2 is 1.91 bits per heavy atom. The number of fused-ring (bicyclic) bond motifs is 1. The molecule has 0 aliphatic heterocycles. The summed E-state index contributed by atoms with van der Waals surface area (Å²) in [6, 6.07) is 11.1. The van der Waals surface area contributed by atoms with Gasteiger partial charge in [0.15, 0.2) is 4.77 Å². The van der Waals surface area contributed by atoms with E-state index in [1.807, 2.05) is 31.3 Å². The quantitative estimate of drug-likeness (QED) is 0.509. The minimum absolute atomic E-state index is 0.139. The second kappa shape index (κ2) is 6.80. The molecule has 2 aromatic heterocycles. The van der Waals surface area contributed by atoms with Gasteiger partial charge < -0.3 is 4.57 Å². The Labute approximate surface area is 149 Å². The molecule has 8 heteroatoms. The maximum absolute atomic E-state index is 13.3. The molecule has 0 N–H and O–H groups in total. The number of nitrogens with zero attached hydrogens (tertiary/aromatic N) is 3. The van der Waals surface area contributed by atoms with Crippen LogP contribution in [-0.4, -0.2) is 21.1 Å². The van der Waals surface area contributed by atoms with Crippen molar-refractivity contribution in [2.24, 2.45) is 0 Å². The molecule has 3 nitrogen and oxygen atoms in total. The normalized spacial score (nSPS) is 11.9. The predicted molar refractivity (Wildman–Crippen MR) is 95.5 cm³/mol. The summed E-state index contributed by atoms with van der Waals surface area (Å²) in [5, 5.41) is 0. The van der Waals surface area contributed by atoms with Gasteiger partial charge in [-0.1, -0.05) is 12.1 Å². The fourth-order valence-corrected chi connectivity index (χ4v) is 4.45. The molecule has 0 spiro atoms. The third kappa shape index (κ3) is 3.40. The SMILES string of the molecule is CN(Cc1ccc(Br)s1)Cn1c(=S)n(C(F)F)c2ccccc21. The van der Waals surface area contributed by atoms with Gasteiger partial charge in [0.2, 0.25) is 0 Å². The van der Waals surface area contributed by atoms with Gasteiger partial charge >= 0.3 is 6.55 Å². The van der Waals surface area contributed by atoms with Crippen molar-refractivity contribution in [2.75, 3.05) is 7.05 Å². The third-order valence-electron chi connectivity index (χ3n) is 3.50. The highest BCUT2D eigenvalue weighted by molar-refractivity contribution is 9.11. The molecule has 122 valence electrons. The van der Waals surface area contributed by atoms with E-state index in [0.29, 0.717) is 12.2 Å². The van der Waals surface area contributed by atoms with Crippen LogP contribution in [0.25, 0.3) is 11.0 Å². The van der Waals surface area contributed by atoms with Crippen molar-refractivity contribution in [1.82, 2.24) is 14.0 Å². The number of imidazole rings is 1. The standard InChI is InChI=1S/C15H14BrF2N3S2/c1-19(8-10-6-7-13(16)23-10)9-20-11-4-2-3-5-12(11)21(14(17)18)15(20)22/h2-7,14H,8-9H2,1H3. The molecule has 2 heterocycles. The predicted octanol–water partition coefficient (Wildman–Crippen LogP) is 5.48. The molecule has 0 aliphatic rings. The first-order chi connectivity index (χ1) is 11.0. The van der Waals surface area contributed by atoms with Crippen LogP contribution in [0.4, 0.5) is 8.78 Å². The van der Waals surface area contributed by atoms with Gasteiger partial charge in [-0.15, -0.1) is 11.3 Å². The summed E-state index contributed by atoms with van der Waals surface area (Å²) in [7, 11) is 1.95. The van der Waals surface area contributed by atoms with Crippen LogP contribution in [0.15, 0.2) is 40.2 Å². The van der Waals surface area contributed by atoms with Crippen molar-refractivity contribution in [3.8, 4) is 0 Å². The van der Waals surface area contributed by atoms with Gasteiger partial charge in [-0.05, 0) is 59.5 Å². The molecule has 23 heavy (non-hydrogen) atoms. The van der Waals surface area contributed by atoms with Crippen molar-refractivity contribution in [2.45, 2.75) is 19.8 Å². The lowest BCUT2D eigenvalue weighted by molar-refractivity contribution is 0.0717. The van der Waals surface area contributed by atoms with Crippen LogP contribution in [0.1, 0.15) is 11.4 Å². The Morgan fingerprint density at radius 3 is 2.52 bits per heavy atom. The zero-order chi connectivity index (χ0) is 16.6. The molecule has 0 fully saturated rings. The molecule has 3 aromatic rings. The van der Waals surface area contributed by atoms with E-state index in [1.165, 1.54) is 4.88 Å². The molecular formula is C15H14BrF2N3S2. The zero-order valence-corrected chi connectivity index (χ0v) is 15.5. The summed E-state index contributed by atoms with van der Waals surface area (Å²) in [4.78, 5) is 3.25. The van der Waals surface area contributed by atoms with E-state index in [2.05, 4.69) is 20.8 Å². The van der Waals surface area contributed by atoms with Gasteiger partial charge in [-0.25, -0.2) is 0 Å². The first-order valence-electron chi connectivity index (χ1n) is 6.88. The largest absolute Gasteiger partial charge is 0.321 e. The molecule has 0 amide bonds. The second-order valence-corrected chi connectivity index (χ2v) is 8.12. The maximum Gasteiger partial charge on any atom is 0.321 e. The van der Waals surface area contributed by atoms with Gasteiger partial charge in [0, 0.05) is 11.4 Å². The van der Waals surface area contributed by atoms with Crippen molar-refractivity contribution in [1.29, 1.82) is 0 Å². The number of thiophene rings is 1. The number of hydrogen-bond donors (Lipinski definition) is 0. The number of benzene rings is 1. The molecule has 0 bridgehead atoms. The summed E-state index contributed by atoms with van der Waals surface area (Å²) in [5.74, 6) is 0. The molecule has 0 aliphatic carbocycles. The van der Waals surface area contributed by atoms with E-state index in [-0.39, 0.29) is 4.77 Å². The summed E-state index contributed by atoms with van der Waals surface area (Å²) >= 11 is 10.4. The van der Waals surface area contributed by atoms with Crippen LogP contribution >= 0.6 is 39.5 Å². The molecule has 0 saturated carbocycles. The average Bonchev–Trinajstić information content (AvgIpc) is 3.01. The van der Waals surface area contributed by atoms with Crippen LogP contribution in [0.5, 0.6) is 0 Å². The first kappa shape index (κ1) is 16.8. The van der Waals surface area contributed by atoms with E-state index in [4.69, 9.17) is 12.2 Å². The maximum atomic E-state index is 13.3. The van der Waals surface area contributed by atoms with Crippen LogP contribution in [0, 0.1) is 4.77 Å². The first-order valence-corrected chi connectivity index (χ1v) is 8.90. The van der Waals surface area contributed by atoms with Crippen LogP contribution in [0.3, 0.4) is 0 Å². The van der Waals surface area contributed by atoms with Crippen molar-refractivity contribution < 1.29 is 8.78 Å². The fraction of sp³-hybridized carbons (Fsp3) is 0.267. The van der Waals surface area contributed by atoms with Crippen LogP contribution in [0.2, 0.25) is 0 Å². The number of aromatic nitrogens is 2. The molecule has 1 aromatic carbocycles. The van der Waals surface area contributed by atoms with E-state index < -0.39 is 6.55 Å². The van der Waals surface area contributed by atoms with E-state index >= 15 is 0 Å². The average molecular weight is 418 g/mol. The van der Waals surface area contributed by atoms with Gasteiger partial charge in [0.1, 0.15) is 0 Å². The Morgan fingerprint density at radius 1 is 1.22 bits per heavy atom. The van der Waals surface area contributed by atoms with E-state index in [9.17, 15) is 8.78 Å². The molecule has 0 unspecified atom stereocenters. The van der Waals surface area contributed by atoms with Gasteiger partial charge in [0.25, 0.3) is 0 Å². The number of rotatable bonds is 5. The Bertz CT molecular complexity index is 884. The number of halogens is 3. The summed E-state index contributed by atoms with van der Waals surface area (Å²) in [5.41, 5.74) is 1.18. The minimum Gasteiger partial charge on any atom is -0.303 e. The summed E-state index contributed by atoms with van der Waals surface area (Å²) in [6.07, 6.45) is 0. The van der Waals surface area contributed by atoms with Crippen molar-refractivity contribution >= 4 is 50.5 Å². The smallest absolute Gasteiger partial charge is 0.303 e. The lowest BCUT2D eigenvalue weighted by Crippen LogP contribution is -2.21. The zero-order valence-electron chi connectivity index (χ0n) is 12.2. The topological polar surface area (TPSA) is 13.1 Å². The lowest BCUT2D eigenvalue weighted by Gasteiger charge is -2.17. The molecule has 3 rings (SSSR count). The Kier molecular flexibility index (Phi) is 4.96. The van der Waals surface area contributed by atoms with Gasteiger partial charge in [-0.3, -0.25) is 9.47 Å². The third-order valence-corrected chi connectivity index (χ3v) is 5.53. The van der Waals surface area contributed by atoms with E-state index in [0.717, 1.165) is 20.4 Å². The van der Waals surface area contributed by atoms with Crippen LogP contribution in [-0.2, 0) is 13.2 Å². The van der Waals surface area contributed by atoms with Crippen molar-refractivity contribution in [3.05, 3.63) is 49.8 Å².